The minimum absolute atomic E-state index is 0.0714. The smallest absolute Gasteiger partial charge is 0.266 e. The van der Waals surface area contributed by atoms with Gasteiger partial charge in [0.15, 0.2) is 0 Å². The highest BCUT2D eigenvalue weighted by Gasteiger charge is 2.10. The predicted molar refractivity (Wildman–Crippen MR) is 120 cm³/mol. The van der Waals surface area contributed by atoms with Gasteiger partial charge in [0, 0.05) is 15.5 Å². The van der Waals surface area contributed by atoms with E-state index in [0.29, 0.717) is 5.69 Å². The molecule has 1 amide bonds. The number of nitrogens with one attached hydrogen (secondary N) is 1. The number of benzene rings is 3. The van der Waals surface area contributed by atoms with Crippen LogP contribution < -0.4 is 5.32 Å². The summed E-state index contributed by atoms with van der Waals surface area (Å²) >= 11 is 1.68. The maximum atomic E-state index is 12.5. The van der Waals surface area contributed by atoms with Gasteiger partial charge in [-0.25, -0.2) is 0 Å². The number of nitrogens with zero attached hydrogens (tertiary/aromatic N) is 1. The first-order valence-electron chi connectivity index (χ1n) is 9.29. The van der Waals surface area contributed by atoms with Crippen LogP contribution in [0.25, 0.3) is 6.08 Å². The van der Waals surface area contributed by atoms with E-state index in [9.17, 15) is 10.1 Å². The summed E-state index contributed by atoms with van der Waals surface area (Å²) in [6, 6.07) is 23.9. The molecule has 3 aromatic carbocycles. The molecule has 0 aliphatic heterocycles. The number of aryl methyl sites for hydroxylation is 3. The summed E-state index contributed by atoms with van der Waals surface area (Å²) in [6.45, 7) is 6.07. The molecule has 3 aromatic rings. The van der Waals surface area contributed by atoms with E-state index >= 15 is 0 Å². The lowest BCUT2D eigenvalue weighted by atomic mass is 10.1. The Hall–Kier alpha value is -3.29. The molecular weight excluding hydrogens is 376 g/mol. The molecule has 0 fully saturated rings. The highest BCUT2D eigenvalue weighted by atomic mass is 32.2. The molecule has 0 aliphatic carbocycles. The Kier molecular flexibility index (Phi) is 6.54. The van der Waals surface area contributed by atoms with Crippen LogP contribution >= 0.6 is 11.8 Å². The molecule has 0 saturated heterocycles. The van der Waals surface area contributed by atoms with Crippen molar-refractivity contribution in [1.82, 2.24) is 0 Å². The summed E-state index contributed by atoms with van der Waals surface area (Å²) in [5.74, 6) is -0.408. The first-order valence-corrected chi connectivity index (χ1v) is 10.1. The zero-order valence-corrected chi connectivity index (χ0v) is 17.5. The maximum Gasteiger partial charge on any atom is 0.266 e. The topological polar surface area (TPSA) is 52.9 Å². The summed E-state index contributed by atoms with van der Waals surface area (Å²) in [7, 11) is 0. The van der Waals surface area contributed by atoms with Crippen molar-refractivity contribution in [3.05, 3.63) is 94.6 Å². The molecular formula is C25H22N2OS. The Morgan fingerprint density at radius 2 is 1.52 bits per heavy atom. The van der Waals surface area contributed by atoms with E-state index in [0.717, 1.165) is 21.6 Å². The average molecular weight is 399 g/mol. The first-order chi connectivity index (χ1) is 13.9. The summed E-state index contributed by atoms with van der Waals surface area (Å²) in [4.78, 5) is 14.7. The molecule has 4 heteroatoms. The average Bonchev–Trinajstić information content (AvgIpc) is 2.72. The fraction of sp³-hybridized carbons (Fsp3) is 0.120. The van der Waals surface area contributed by atoms with Crippen molar-refractivity contribution in [3.63, 3.8) is 0 Å². The summed E-state index contributed by atoms with van der Waals surface area (Å²) < 4.78 is 0. The Balaban J connectivity index is 1.71. The second-order valence-corrected chi connectivity index (χ2v) is 8.05. The normalized spacial score (nSPS) is 11.0. The van der Waals surface area contributed by atoms with Crippen molar-refractivity contribution in [2.24, 2.45) is 0 Å². The molecule has 1 N–H and O–H groups in total. The quantitative estimate of drug-likeness (QED) is 0.405. The number of carbonyl (C=O) groups excluding carboxylic acids is 1. The second-order valence-electron chi connectivity index (χ2n) is 6.91. The van der Waals surface area contributed by atoms with Gasteiger partial charge in [-0.1, -0.05) is 47.7 Å². The molecule has 29 heavy (non-hydrogen) atoms. The van der Waals surface area contributed by atoms with Crippen LogP contribution in [0.2, 0.25) is 0 Å². The lowest BCUT2D eigenvalue weighted by molar-refractivity contribution is -0.112. The van der Waals surface area contributed by atoms with E-state index in [1.165, 1.54) is 10.5 Å². The lowest BCUT2D eigenvalue weighted by Crippen LogP contribution is -2.13. The van der Waals surface area contributed by atoms with Gasteiger partial charge in [0.1, 0.15) is 11.6 Å². The standard InChI is InChI=1S/C25H22N2OS/c1-17-4-10-23(11-5-17)29-24-12-7-20(8-13-24)15-21(16-26)25(28)27-22-9-6-18(2)19(3)14-22/h4-15H,1-3H3,(H,27,28)/b21-15-. The maximum absolute atomic E-state index is 12.5. The van der Waals surface area contributed by atoms with Gasteiger partial charge >= 0.3 is 0 Å². The zero-order valence-electron chi connectivity index (χ0n) is 16.7. The van der Waals surface area contributed by atoms with Crippen molar-refractivity contribution in [3.8, 4) is 6.07 Å². The van der Waals surface area contributed by atoms with Crippen molar-refractivity contribution in [2.75, 3.05) is 5.32 Å². The van der Waals surface area contributed by atoms with Crippen LogP contribution in [0.15, 0.2) is 82.1 Å². The molecule has 0 atom stereocenters. The summed E-state index contributed by atoms with van der Waals surface area (Å²) in [5, 5.41) is 12.2. The van der Waals surface area contributed by atoms with Crippen molar-refractivity contribution >= 4 is 29.4 Å². The molecule has 0 radical (unpaired) electrons. The molecule has 0 bridgehead atoms. The van der Waals surface area contributed by atoms with Gasteiger partial charge in [0.05, 0.1) is 0 Å². The molecule has 3 rings (SSSR count). The van der Waals surface area contributed by atoms with E-state index in [1.807, 2.05) is 62.4 Å². The van der Waals surface area contributed by atoms with Gasteiger partial charge in [-0.2, -0.15) is 5.26 Å². The summed E-state index contributed by atoms with van der Waals surface area (Å²) in [6.07, 6.45) is 1.61. The van der Waals surface area contributed by atoms with Crippen LogP contribution in [0.1, 0.15) is 22.3 Å². The van der Waals surface area contributed by atoms with Gasteiger partial charge in [0.25, 0.3) is 5.91 Å². The fourth-order valence-electron chi connectivity index (χ4n) is 2.71. The van der Waals surface area contributed by atoms with Crippen LogP contribution in [-0.2, 0) is 4.79 Å². The molecule has 0 spiro atoms. The van der Waals surface area contributed by atoms with Crippen LogP contribution in [0, 0.1) is 32.1 Å². The van der Waals surface area contributed by atoms with E-state index in [1.54, 1.807) is 17.8 Å². The van der Waals surface area contributed by atoms with Crippen LogP contribution in [-0.4, -0.2) is 5.91 Å². The number of anilines is 1. The molecule has 0 unspecified atom stereocenters. The molecule has 0 aromatic heterocycles. The van der Waals surface area contributed by atoms with Gasteiger partial charge in [-0.3, -0.25) is 4.79 Å². The summed E-state index contributed by atoms with van der Waals surface area (Å²) in [5.41, 5.74) is 5.05. The SMILES string of the molecule is Cc1ccc(Sc2ccc(/C=C(/C#N)C(=O)Nc3ccc(C)c(C)c3)cc2)cc1. The Labute approximate surface area is 176 Å². The number of carbonyl (C=O) groups is 1. The number of hydrogen-bond acceptors (Lipinski definition) is 3. The van der Waals surface area contributed by atoms with E-state index in [-0.39, 0.29) is 5.57 Å². The van der Waals surface area contributed by atoms with Crippen LogP contribution in [0.4, 0.5) is 5.69 Å². The van der Waals surface area contributed by atoms with E-state index in [2.05, 4.69) is 36.5 Å². The molecule has 0 heterocycles. The Bertz CT molecular complexity index is 1090. The minimum Gasteiger partial charge on any atom is -0.321 e. The van der Waals surface area contributed by atoms with Crippen molar-refractivity contribution in [1.29, 1.82) is 5.26 Å². The van der Waals surface area contributed by atoms with Gasteiger partial charge in [0.2, 0.25) is 0 Å². The minimum atomic E-state index is -0.408. The number of hydrogen-bond donors (Lipinski definition) is 1. The van der Waals surface area contributed by atoms with Crippen LogP contribution in [0.3, 0.4) is 0 Å². The molecule has 0 saturated carbocycles. The first kappa shape index (κ1) is 20.4. The van der Waals surface area contributed by atoms with Crippen LogP contribution in [0.5, 0.6) is 0 Å². The van der Waals surface area contributed by atoms with Gasteiger partial charge in [-0.05, 0) is 79.9 Å². The largest absolute Gasteiger partial charge is 0.321 e. The predicted octanol–water partition coefficient (Wildman–Crippen LogP) is 6.31. The van der Waals surface area contributed by atoms with Gasteiger partial charge in [-0.15, -0.1) is 0 Å². The molecule has 0 aliphatic rings. The second kappa shape index (κ2) is 9.27. The highest BCUT2D eigenvalue weighted by molar-refractivity contribution is 7.99. The van der Waals surface area contributed by atoms with Gasteiger partial charge < -0.3 is 5.32 Å². The Morgan fingerprint density at radius 1 is 0.897 bits per heavy atom. The van der Waals surface area contributed by atoms with Crippen molar-refractivity contribution in [2.45, 2.75) is 30.6 Å². The van der Waals surface area contributed by atoms with Crippen molar-refractivity contribution < 1.29 is 4.79 Å². The molecule has 3 nitrogen and oxygen atoms in total. The number of rotatable bonds is 5. The lowest BCUT2D eigenvalue weighted by Gasteiger charge is -2.07. The number of nitriles is 1. The molecule has 144 valence electrons. The zero-order chi connectivity index (χ0) is 20.8. The third kappa shape index (κ3) is 5.60. The van der Waals surface area contributed by atoms with E-state index in [4.69, 9.17) is 0 Å². The monoisotopic (exact) mass is 398 g/mol. The Morgan fingerprint density at radius 3 is 2.10 bits per heavy atom. The highest BCUT2D eigenvalue weighted by Crippen LogP contribution is 2.28. The third-order valence-electron chi connectivity index (χ3n) is 4.58. The fourth-order valence-corrected chi connectivity index (χ4v) is 3.52. The number of amides is 1. The third-order valence-corrected chi connectivity index (χ3v) is 5.59. The van der Waals surface area contributed by atoms with E-state index < -0.39 is 5.91 Å².